The number of pyridine rings is 1. The highest BCUT2D eigenvalue weighted by atomic mass is 32.2. The fourth-order valence-electron chi connectivity index (χ4n) is 1.75. The fourth-order valence-corrected chi connectivity index (χ4v) is 2.67. The first-order valence-corrected chi connectivity index (χ1v) is 7.12. The molecular formula is C12H12N4O3S. The van der Waals surface area contributed by atoms with Gasteiger partial charge in [0.05, 0.1) is 10.2 Å². The molecule has 0 amide bonds. The van der Waals surface area contributed by atoms with Crippen LogP contribution in [0.2, 0.25) is 0 Å². The summed E-state index contributed by atoms with van der Waals surface area (Å²) in [7, 11) is 0. The Morgan fingerprint density at radius 2 is 2.35 bits per heavy atom. The average molecular weight is 292 g/mol. The van der Waals surface area contributed by atoms with E-state index in [9.17, 15) is 10.1 Å². The van der Waals surface area contributed by atoms with Crippen molar-refractivity contribution in [2.24, 2.45) is 0 Å². The summed E-state index contributed by atoms with van der Waals surface area (Å²) in [5.74, 6) is 1.65. The first-order chi connectivity index (χ1) is 9.65. The minimum atomic E-state index is -0.439. The smallest absolute Gasteiger partial charge is 0.301 e. The van der Waals surface area contributed by atoms with E-state index in [0.717, 1.165) is 18.7 Å². The van der Waals surface area contributed by atoms with Gasteiger partial charge in [-0.2, -0.15) is 4.98 Å². The van der Waals surface area contributed by atoms with Gasteiger partial charge in [-0.3, -0.25) is 10.1 Å². The molecule has 1 fully saturated rings. The predicted molar refractivity (Wildman–Crippen MR) is 71.4 cm³/mol. The molecule has 7 nitrogen and oxygen atoms in total. The Bertz CT molecular complexity index is 641. The summed E-state index contributed by atoms with van der Waals surface area (Å²) < 4.78 is 5.22. The SMILES string of the molecule is C[C@@H](Sc1ncccc1[N+](=O)[O-])c1nc(C2CC2)no1. The highest BCUT2D eigenvalue weighted by Gasteiger charge is 2.30. The first kappa shape index (κ1) is 13.0. The largest absolute Gasteiger partial charge is 0.338 e. The van der Waals surface area contributed by atoms with Gasteiger partial charge in [-0.1, -0.05) is 16.9 Å². The number of rotatable bonds is 5. The van der Waals surface area contributed by atoms with Crippen molar-refractivity contribution >= 4 is 17.4 Å². The summed E-state index contributed by atoms with van der Waals surface area (Å²) >= 11 is 1.25. The van der Waals surface area contributed by atoms with E-state index in [-0.39, 0.29) is 10.9 Å². The van der Waals surface area contributed by atoms with Crippen LogP contribution in [0.15, 0.2) is 27.9 Å². The molecule has 2 aromatic rings. The van der Waals surface area contributed by atoms with Crippen LogP contribution in [0.5, 0.6) is 0 Å². The molecule has 1 atom stereocenters. The van der Waals surface area contributed by atoms with E-state index in [1.54, 1.807) is 6.07 Å². The Morgan fingerprint density at radius 3 is 3.05 bits per heavy atom. The molecule has 0 spiro atoms. The summed E-state index contributed by atoms with van der Waals surface area (Å²) in [6, 6.07) is 2.98. The molecule has 0 N–H and O–H groups in total. The fraction of sp³-hybridized carbons (Fsp3) is 0.417. The van der Waals surface area contributed by atoms with Crippen LogP contribution < -0.4 is 0 Å². The van der Waals surface area contributed by atoms with Gasteiger partial charge in [-0.05, 0) is 25.8 Å². The molecule has 0 aromatic carbocycles. The summed E-state index contributed by atoms with van der Waals surface area (Å²) in [6.07, 6.45) is 3.74. The second kappa shape index (κ2) is 5.20. The molecule has 2 aromatic heterocycles. The third-order valence-electron chi connectivity index (χ3n) is 2.98. The van der Waals surface area contributed by atoms with Crippen LogP contribution in [-0.4, -0.2) is 20.0 Å². The van der Waals surface area contributed by atoms with Crippen molar-refractivity contribution < 1.29 is 9.45 Å². The van der Waals surface area contributed by atoms with Gasteiger partial charge in [0.1, 0.15) is 0 Å². The van der Waals surface area contributed by atoms with Crippen LogP contribution in [0.3, 0.4) is 0 Å². The Hall–Kier alpha value is -1.96. The van der Waals surface area contributed by atoms with Gasteiger partial charge in [-0.15, -0.1) is 0 Å². The summed E-state index contributed by atoms with van der Waals surface area (Å²) in [6.45, 7) is 1.87. The summed E-state index contributed by atoms with van der Waals surface area (Å²) in [5.41, 5.74) is -0.00807. The zero-order valence-electron chi connectivity index (χ0n) is 10.7. The normalized spacial score (nSPS) is 16.1. The van der Waals surface area contributed by atoms with Crippen LogP contribution in [-0.2, 0) is 0 Å². The van der Waals surface area contributed by atoms with Crippen LogP contribution in [0, 0.1) is 10.1 Å². The van der Waals surface area contributed by atoms with Crippen molar-refractivity contribution in [2.75, 3.05) is 0 Å². The summed E-state index contributed by atoms with van der Waals surface area (Å²) in [5, 5.41) is 15.1. The summed E-state index contributed by atoms with van der Waals surface area (Å²) in [4.78, 5) is 18.9. The quantitative estimate of drug-likeness (QED) is 0.474. The predicted octanol–water partition coefficient (Wildman–Crippen LogP) is 3.10. The van der Waals surface area contributed by atoms with E-state index >= 15 is 0 Å². The maximum absolute atomic E-state index is 10.9. The lowest BCUT2D eigenvalue weighted by atomic mass is 10.4. The number of nitrogens with zero attached hydrogens (tertiary/aromatic N) is 4. The van der Waals surface area contributed by atoms with E-state index in [2.05, 4.69) is 15.1 Å². The number of thioether (sulfide) groups is 1. The van der Waals surface area contributed by atoms with E-state index in [0.29, 0.717) is 16.8 Å². The molecule has 0 radical (unpaired) electrons. The highest BCUT2D eigenvalue weighted by Crippen LogP contribution is 2.41. The first-order valence-electron chi connectivity index (χ1n) is 6.24. The second-order valence-electron chi connectivity index (χ2n) is 4.61. The molecule has 0 unspecified atom stereocenters. The monoisotopic (exact) mass is 292 g/mol. The molecule has 3 rings (SSSR count). The zero-order chi connectivity index (χ0) is 14.1. The Labute approximate surface area is 118 Å². The number of nitro groups is 1. The van der Waals surface area contributed by atoms with Crippen molar-refractivity contribution in [3.05, 3.63) is 40.2 Å². The Balaban J connectivity index is 1.77. The maximum Gasteiger partial charge on any atom is 0.301 e. The lowest BCUT2D eigenvalue weighted by Gasteiger charge is -2.05. The van der Waals surface area contributed by atoms with Crippen molar-refractivity contribution in [2.45, 2.75) is 36.0 Å². The third-order valence-corrected chi connectivity index (χ3v) is 4.08. The zero-order valence-corrected chi connectivity index (χ0v) is 11.5. The average Bonchev–Trinajstić information content (AvgIpc) is 3.16. The van der Waals surface area contributed by atoms with E-state index in [1.165, 1.54) is 24.0 Å². The minimum absolute atomic E-state index is 0.00807. The molecule has 8 heteroatoms. The second-order valence-corrected chi connectivity index (χ2v) is 5.94. The number of hydrogen-bond donors (Lipinski definition) is 0. The molecule has 1 aliphatic rings. The van der Waals surface area contributed by atoms with Crippen molar-refractivity contribution in [3.8, 4) is 0 Å². The third kappa shape index (κ3) is 2.64. The molecule has 1 aliphatic carbocycles. The molecule has 0 saturated heterocycles. The van der Waals surface area contributed by atoms with Crippen molar-refractivity contribution in [1.82, 2.24) is 15.1 Å². The van der Waals surface area contributed by atoms with Gasteiger partial charge in [0, 0.05) is 18.2 Å². The maximum atomic E-state index is 10.9. The van der Waals surface area contributed by atoms with E-state index in [4.69, 9.17) is 4.52 Å². The van der Waals surface area contributed by atoms with Gasteiger partial charge >= 0.3 is 5.69 Å². The van der Waals surface area contributed by atoms with Crippen molar-refractivity contribution in [3.63, 3.8) is 0 Å². The van der Waals surface area contributed by atoms with Gasteiger partial charge in [-0.25, -0.2) is 4.98 Å². The molecule has 0 bridgehead atoms. The van der Waals surface area contributed by atoms with Crippen molar-refractivity contribution in [1.29, 1.82) is 0 Å². The molecule has 104 valence electrons. The molecular weight excluding hydrogens is 280 g/mol. The Kier molecular flexibility index (Phi) is 3.39. The topological polar surface area (TPSA) is 95.0 Å². The molecule has 1 saturated carbocycles. The molecule has 20 heavy (non-hydrogen) atoms. The Morgan fingerprint density at radius 1 is 1.55 bits per heavy atom. The lowest BCUT2D eigenvalue weighted by molar-refractivity contribution is -0.388. The van der Waals surface area contributed by atoms with Gasteiger partial charge in [0.2, 0.25) is 5.89 Å². The van der Waals surface area contributed by atoms with Gasteiger partial charge in [0.15, 0.2) is 10.9 Å². The van der Waals surface area contributed by atoms with Gasteiger partial charge in [0.25, 0.3) is 0 Å². The molecule has 2 heterocycles. The van der Waals surface area contributed by atoms with Crippen LogP contribution >= 0.6 is 11.8 Å². The van der Waals surface area contributed by atoms with Crippen LogP contribution in [0.1, 0.15) is 42.6 Å². The number of aromatic nitrogens is 3. The minimum Gasteiger partial charge on any atom is -0.338 e. The van der Waals surface area contributed by atoms with E-state index < -0.39 is 4.92 Å². The lowest BCUT2D eigenvalue weighted by Crippen LogP contribution is -1.96. The molecule has 0 aliphatic heterocycles. The number of hydrogen-bond acceptors (Lipinski definition) is 7. The van der Waals surface area contributed by atoms with Crippen LogP contribution in [0.25, 0.3) is 0 Å². The van der Waals surface area contributed by atoms with Gasteiger partial charge < -0.3 is 4.52 Å². The standard InChI is InChI=1S/C12H12N4O3S/c1-7(11-14-10(15-19-11)8-4-5-8)20-12-9(16(17)18)3-2-6-13-12/h2-3,6-8H,4-5H2,1H3/t7-/m1/s1. The highest BCUT2D eigenvalue weighted by molar-refractivity contribution is 7.99. The van der Waals surface area contributed by atoms with E-state index in [1.807, 2.05) is 6.92 Å². The van der Waals surface area contributed by atoms with Crippen LogP contribution in [0.4, 0.5) is 5.69 Å².